The second-order valence-corrected chi connectivity index (χ2v) is 2.78. The maximum absolute atomic E-state index is 10.4. The van der Waals surface area contributed by atoms with Crippen LogP contribution in [0.1, 0.15) is 13.8 Å². The molecule has 0 radical (unpaired) electrons. The summed E-state index contributed by atoms with van der Waals surface area (Å²) in [4.78, 5) is 20.5. The number of carbonyl (C=O) groups excluding carboxylic acids is 2. The third-order valence-corrected chi connectivity index (χ3v) is 1.34. The molecule has 0 fully saturated rings. The SMILES string of the molecule is CC(C)(OC(=O)Cl)C(=O)Cl. The van der Waals surface area contributed by atoms with E-state index in [1.165, 1.54) is 13.8 Å². The van der Waals surface area contributed by atoms with Gasteiger partial charge >= 0.3 is 5.43 Å². The van der Waals surface area contributed by atoms with Crippen LogP contribution in [0.4, 0.5) is 4.79 Å². The van der Waals surface area contributed by atoms with Crippen LogP contribution in [0.3, 0.4) is 0 Å². The summed E-state index contributed by atoms with van der Waals surface area (Å²) in [5.41, 5.74) is -2.38. The Kier molecular flexibility index (Phi) is 3.12. The molecule has 0 rings (SSSR count). The maximum Gasteiger partial charge on any atom is 0.404 e. The first-order chi connectivity index (χ1) is 4.36. The van der Waals surface area contributed by atoms with Gasteiger partial charge in [0.2, 0.25) is 0 Å². The average molecular weight is 185 g/mol. The number of halogens is 2. The highest BCUT2D eigenvalue weighted by atomic mass is 35.5. The van der Waals surface area contributed by atoms with E-state index in [0.29, 0.717) is 0 Å². The summed E-state index contributed by atoms with van der Waals surface area (Å²) in [6, 6.07) is 0. The molecule has 0 aromatic rings. The van der Waals surface area contributed by atoms with E-state index in [0.717, 1.165) is 0 Å². The van der Waals surface area contributed by atoms with Gasteiger partial charge in [0.05, 0.1) is 0 Å². The highest BCUT2D eigenvalue weighted by Gasteiger charge is 2.29. The molecule has 0 N–H and O–H groups in total. The highest BCUT2D eigenvalue weighted by Crippen LogP contribution is 2.14. The van der Waals surface area contributed by atoms with Gasteiger partial charge in [0, 0.05) is 11.6 Å². The van der Waals surface area contributed by atoms with Crippen LogP contribution >= 0.6 is 23.2 Å². The standard InChI is InChI=1S/C5H6Cl2O3/c1-5(2,3(6)8)10-4(7)9/h1-2H3. The highest BCUT2D eigenvalue weighted by molar-refractivity contribution is 6.66. The summed E-state index contributed by atoms with van der Waals surface area (Å²) in [6.07, 6.45) is 0. The van der Waals surface area contributed by atoms with Crippen molar-refractivity contribution in [1.29, 1.82) is 0 Å². The fraction of sp³-hybridized carbons (Fsp3) is 0.600. The fourth-order valence-electron chi connectivity index (χ4n) is 0.241. The number of carbonyl (C=O) groups is 2. The van der Waals surface area contributed by atoms with Crippen molar-refractivity contribution in [3.63, 3.8) is 0 Å². The molecule has 0 aromatic heterocycles. The zero-order valence-electron chi connectivity index (χ0n) is 5.48. The zero-order valence-corrected chi connectivity index (χ0v) is 6.99. The van der Waals surface area contributed by atoms with E-state index in [1.54, 1.807) is 0 Å². The maximum atomic E-state index is 10.4. The first-order valence-corrected chi connectivity index (χ1v) is 3.20. The van der Waals surface area contributed by atoms with E-state index in [1.807, 2.05) is 0 Å². The minimum Gasteiger partial charge on any atom is -0.438 e. The van der Waals surface area contributed by atoms with Crippen LogP contribution in [0.5, 0.6) is 0 Å². The third-order valence-electron chi connectivity index (χ3n) is 0.809. The molecule has 0 aliphatic rings. The van der Waals surface area contributed by atoms with Crippen molar-refractivity contribution >= 4 is 33.9 Å². The lowest BCUT2D eigenvalue weighted by Crippen LogP contribution is -2.32. The normalized spacial score (nSPS) is 10.8. The van der Waals surface area contributed by atoms with E-state index in [-0.39, 0.29) is 0 Å². The van der Waals surface area contributed by atoms with Crippen LogP contribution < -0.4 is 0 Å². The predicted octanol–water partition coefficient (Wildman–Crippen LogP) is 1.91. The molecule has 3 nitrogen and oxygen atoms in total. The van der Waals surface area contributed by atoms with Gasteiger partial charge in [-0.05, 0) is 25.4 Å². The van der Waals surface area contributed by atoms with E-state index >= 15 is 0 Å². The van der Waals surface area contributed by atoms with E-state index in [9.17, 15) is 9.59 Å². The van der Waals surface area contributed by atoms with Crippen molar-refractivity contribution in [3.05, 3.63) is 0 Å². The van der Waals surface area contributed by atoms with Crippen LogP contribution in [-0.4, -0.2) is 16.3 Å². The molecule has 0 aromatic carbocycles. The van der Waals surface area contributed by atoms with Crippen molar-refractivity contribution < 1.29 is 14.3 Å². The fourth-order valence-corrected chi connectivity index (χ4v) is 0.472. The summed E-state index contributed by atoms with van der Waals surface area (Å²) in [6.45, 7) is 2.70. The van der Waals surface area contributed by atoms with Gasteiger partial charge in [-0.2, -0.15) is 0 Å². The van der Waals surface area contributed by atoms with Crippen molar-refractivity contribution in [2.45, 2.75) is 19.4 Å². The van der Waals surface area contributed by atoms with Gasteiger partial charge in [0.25, 0.3) is 5.24 Å². The molecule has 0 bridgehead atoms. The van der Waals surface area contributed by atoms with Gasteiger partial charge in [-0.15, -0.1) is 0 Å². The predicted molar refractivity (Wildman–Crippen MR) is 37.3 cm³/mol. The van der Waals surface area contributed by atoms with E-state index < -0.39 is 16.3 Å². The van der Waals surface area contributed by atoms with Gasteiger partial charge in [0.15, 0.2) is 5.60 Å². The lowest BCUT2D eigenvalue weighted by molar-refractivity contribution is -0.125. The number of hydrogen-bond acceptors (Lipinski definition) is 3. The number of rotatable bonds is 2. The largest absolute Gasteiger partial charge is 0.438 e. The molecule has 0 heterocycles. The molecule has 0 amide bonds. The summed E-state index contributed by atoms with van der Waals surface area (Å²) in [5.74, 6) is 0. The van der Waals surface area contributed by atoms with Crippen LogP contribution in [0.25, 0.3) is 0 Å². The Bertz CT molecular complexity index is 164. The molecule has 0 atom stereocenters. The van der Waals surface area contributed by atoms with Gasteiger partial charge in [-0.3, -0.25) is 4.79 Å². The third kappa shape index (κ3) is 3.03. The summed E-state index contributed by atoms with van der Waals surface area (Å²) < 4.78 is 4.34. The van der Waals surface area contributed by atoms with Crippen molar-refractivity contribution in [1.82, 2.24) is 0 Å². The minimum absolute atomic E-state index is 0.762. The molecule has 0 saturated carbocycles. The van der Waals surface area contributed by atoms with Gasteiger partial charge in [-0.1, -0.05) is 0 Å². The summed E-state index contributed by atoms with van der Waals surface area (Å²) >= 11 is 9.87. The monoisotopic (exact) mass is 184 g/mol. The Hall–Kier alpha value is -0.280. The summed E-state index contributed by atoms with van der Waals surface area (Å²) in [7, 11) is 0. The smallest absolute Gasteiger partial charge is 0.404 e. The van der Waals surface area contributed by atoms with Crippen molar-refractivity contribution in [2.24, 2.45) is 0 Å². The molecular formula is C5H6Cl2O3. The average Bonchev–Trinajstić information content (AvgIpc) is 1.60. The molecule has 10 heavy (non-hydrogen) atoms. The van der Waals surface area contributed by atoms with Crippen LogP contribution in [0.15, 0.2) is 0 Å². The van der Waals surface area contributed by atoms with Gasteiger partial charge in [-0.25, -0.2) is 4.79 Å². The van der Waals surface area contributed by atoms with Crippen LogP contribution in [0, 0.1) is 0 Å². The van der Waals surface area contributed by atoms with E-state index in [4.69, 9.17) is 23.2 Å². The molecule has 5 heteroatoms. The zero-order chi connectivity index (χ0) is 8.36. The lowest BCUT2D eigenvalue weighted by atomic mass is 10.2. The molecule has 0 saturated heterocycles. The Balaban J connectivity index is 4.13. The second kappa shape index (κ2) is 3.21. The van der Waals surface area contributed by atoms with E-state index in [2.05, 4.69) is 4.74 Å². The van der Waals surface area contributed by atoms with Crippen LogP contribution in [0.2, 0.25) is 0 Å². The topological polar surface area (TPSA) is 43.4 Å². The van der Waals surface area contributed by atoms with Gasteiger partial charge < -0.3 is 4.74 Å². The first kappa shape index (κ1) is 9.72. The Morgan fingerprint density at radius 3 is 1.80 bits per heavy atom. The second-order valence-electron chi connectivity index (χ2n) is 2.12. The Labute approximate surface area is 68.2 Å². The molecule has 0 spiro atoms. The number of hydrogen-bond donors (Lipinski definition) is 0. The molecular weight excluding hydrogens is 179 g/mol. The summed E-state index contributed by atoms with van der Waals surface area (Å²) in [5, 5.41) is -0.762. The Morgan fingerprint density at radius 2 is 1.70 bits per heavy atom. The van der Waals surface area contributed by atoms with Crippen molar-refractivity contribution in [2.75, 3.05) is 0 Å². The number of ether oxygens (including phenoxy) is 1. The van der Waals surface area contributed by atoms with Crippen molar-refractivity contribution in [3.8, 4) is 0 Å². The minimum atomic E-state index is -1.33. The van der Waals surface area contributed by atoms with Crippen LogP contribution in [-0.2, 0) is 9.53 Å². The molecule has 0 unspecified atom stereocenters. The molecule has 58 valence electrons. The molecule has 0 aliphatic carbocycles. The molecule has 0 aliphatic heterocycles. The quantitative estimate of drug-likeness (QED) is 0.617. The van der Waals surface area contributed by atoms with Gasteiger partial charge in [0.1, 0.15) is 0 Å². The first-order valence-electron chi connectivity index (χ1n) is 2.44. The lowest BCUT2D eigenvalue weighted by Gasteiger charge is -2.17. The Morgan fingerprint density at radius 1 is 1.30 bits per heavy atom.